The second-order valence-corrected chi connectivity index (χ2v) is 6.00. The summed E-state index contributed by atoms with van der Waals surface area (Å²) in [6.07, 6.45) is 7.30. The predicted molar refractivity (Wildman–Crippen MR) is 103 cm³/mol. The van der Waals surface area contributed by atoms with Gasteiger partial charge in [-0.3, -0.25) is 4.98 Å². The highest BCUT2D eigenvalue weighted by atomic mass is 16.5. The van der Waals surface area contributed by atoms with Gasteiger partial charge in [0.1, 0.15) is 5.75 Å². The lowest BCUT2D eigenvalue weighted by Crippen LogP contribution is -2.31. The van der Waals surface area contributed by atoms with E-state index in [9.17, 15) is 9.59 Å². The fraction of sp³-hybridized carbons (Fsp3) is 0.526. The van der Waals surface area contributed by atoms with Gasteiger partial charge in [-0.15, -0.1) is 0 Å². The molecule has 8 nitrogen and oxygen atoms in total. The van der Waals surface area contributed by atoms with Crippen LogP contribution in [0.4, 0.5) is 5.69 Å². The molecule has 1 aliphatic heterocycles. The fourth-order valence-electron chi connectivity index (χ4n) is 2.74. The van der Waals surface area contributed by atoms with Gasteiger partial charge in [0, 0.05) is 37.9 Å². The van der Waals surface area contributed by atoms with Crippen molar-refractivity contribution >= 4 is 17.6 Å². The predicted octanol–water partition coefficient (Wildman–Crippen LogP) is 2.11. The third kappa shape index (κ3) is 9.60. The minimum absolute atomic E-state index is 0.558. The molecule has 1 fully saturated rings. The summed E-state index contributed by atoms with van der Waals surface area (Å²) >= 11 is 0. The monoisotopic (exact) mass is 379 g/mol. The number of ether oxygens (including phenoxy) is 1. The number of aliphatic carboxylic acids is 2. The van der Waals surface area contributed by atoms with Gasteiger partial charge < -0.3 is 24.7 Å². The number of carbonyl (C=O) groups is 2. The van der Waals surface area contributed by atoms with Crippen LogP contribution < -0.4 is 9.64 Å². The van der Waals surface area contributed by atoms with Crippen molar-refractivity contribution in [3.05, 3.63) is 30.6 Å². The van der Waals surface area contributed by atoms with Gasteiger partial charge in [-0.1, -0.05) is 6.92 Å². The van der Waals surface area contributed by atoms with Gasteiger partial charge >= 0.3 is 11.9 Å². The Morgan fingerprint density at radius 1 is 1.11 bits per heavy atom. The summed E-state index contributed by atoms with van der Waals surface area (Å²) in [5.74, 6) is -1.64. The Balaban J connectivity index is 0.000000387. The first-order valence-corrected chi connectivity index (χ1v) is 9.15. The molecule has 1 aromatic heterocycles. The normalized spacial score (nSPS) is 15.0. The van der Waals surface area contributed by atoms with Gasteiger partial charge in [0.25, 0.3) is 0 Å². The number of carboxylic acid groups (broad SMARTS) is 2. The van der Waals surface area contributed by atoms with Crippen molar-refractivity contribution in [3.8, 4) is 5.75 Å². The summed E-state index contributed by atoms with van der Waals surface area (Å²) in [7, 11) is 0. The molecule has 0 radical (unpaired) electrons. The highest BCUT2D eigenvalue weighted by molar-refractivity contribution is 5.89. The molecule has 0 saturated carbocycles. The maximum Gasteiger partial charge on any atom is 0.328 e. The number of hydrogen-bond donors (Lipinski definition) is 2. The van der Waals surface area contributed by atoms with Crippen molar-refractivity contribution in [2.45, 2.75) is 26.7 Å². The quantitative estimate of drug-likeness (QED) is 0.695. The molecular weight excluding hydrogens is 350 g/mol. The van der Waals surface area contributed by atoms with Crippen LogP contribution in [0.2, 0.25) is 0 Å². The summed E-state index contributed by atoms with van der Waals surface area (Å²) < 4.78 is 5.53. The lowest BCUT2D eigenvalue weighted by atomic mass is 10.3. The zero-order valence-electron chi connectivity index (χ0n) is 16.0. The first-order valence-electron chi connectivity index (χ1n) is 9.15. The molecule has 0 spiro atoms. The minimum atomic E-state index is -1.26. The molecule has 0 aromatic carbocycles. The van der Waals surface area contributed by atoms with Crippen LogP contribution in [-0.4, -0.2) is 71.4 Å². The lowest BCUT2D eigenvalue weighted by molar-refractivity contribution is -0.134. The third-order valence-corrected chi connectivity index (χ3v) is 3.87. The number of anilines is 1. The summed E-state index contributed by atoms with van der Waals surface area (Å²) in [5.41, 5.74) is 1.18. The second-order valence-electron chi connectivity index (χ2n) is 6.00. The Hall–Kier alpha value is -2.61. The van der Waals surface area contributed by atoms with E-state index in [2.05, 4.69) is 27.8 Å². The topological polar surface area (TPSA) is 103 Å². The van der Waals surface area contributed by atoms with Crippen LogP contribution in [0.5, 0.6) is 5.75 Å². The van der Waals surface area contributed by atoms with Crippen molar-refractivity contribution in [1.82, 2.24) is 9.88 Å². The molecule has 0 amide bonds. The molecule has 1 saturated heterocycles. The Labute approximate surface area is 160 Å². The number of aromatic nitrogens is 1. The first-order chi connectivity index (χ1) is 13.0. The van der Waals surface area contributed by atoms with E-state index in [-0.39, 0.29) is 0 Å². The van der Waals surface area contributed by atoms with E-state index in [4.69, 9.17) is 14.9 Å². The summed E-state index contributed by atoms with van der Waals surface area (Å²) in [6.45, 7) is 10.7. The van der Waals surface area contributed by atoms with E-state index in [0.717, 1.165) is 25.4 Å². The van der Waals surface area contributed by atoms with Crippen LogP contribution in [0.15, 0.2) is 30.6 Å². The van der Waals surface area contributed by atoms with Crippen LogP contribution in [-0.2, 0) is 9.59 Å². The smallest absolute Gasteiger partial charge is 0.328 e. The first kappa shape index (κ1) is 22.4. The standard InChI is InChI=1S/C15H25N3O.C4H4O4/c1-3-6-17-7-5-8-18(10-9-17)14-11-15(19-4-2)13-16-12-14;5-3(6)1-2-4(7)8/h11-13H,3-10H2,1-2H3;1-2H,(H,5,6)(H,7,8)/b;2-1+. The van der Waals surface area contributed by atoms with Gasteiger partial charge in [0.05, 0.1) is 24.7 Å². The van der Waals surface area contributed by atoms with Crippen LogP contribution in [0, 0.1) is 0 Å². The number of nitrogens with zero attached hydrogens (tertiary/aromatic N) is 3. The molecule has 0 aliphatic carbocycles. The maximum atomic E-state index is 9.55. The highest BCUT2D eigenvalue weighted by Gasteiger charge is 2.15. The number of rotatable bonds is 7. The van der Waals surface area contributed by atoms with Crippen LogP contribution in [0.3, 0.4) is 0 Å². The average Bonchev–Trinajstić information content (AvgIpc) is 2.87. The molecule has 0 atom stereocenters. The van der Waals surface area contributed by atoms with Crippen molar-refractivity contribution in [3.63, 3.8) is 0 Å². The van der Waals surface area contributed by atoms with Crippen LogP contribution in [0.25, 0.3) is 0 Å². The number of hydrogen-bond acceptors (Lipinski definition) is 6. The van der Waals surface area contributed by atoms with Crippen molar-refractivity contribution in [2.24, 2.45) is 0 Å². The number of carboxylic acids is 2. The SMILES string of the molecule is CCCN1CCCN(c2cncc(OCC)c2)CC1.O=C(O)/C=C/C(=O)O. The number of pyridine rings is 1. The zero-order chi connectivity index (χ0) is 20.1. The average molecular weight is 379 g/mol. The maximum absolute atomic E-state index is 9.55. The summed E-state index contributed by atoms with van der Waals surface area (Å²) in [6, 6.07) is 2.10. The second kappa shape index (κ2) is 12.7. The van der Waals surface area contributed by atoms with E-state index in [1.165, 1.54) is 31.6 Å². The molecule has 0 bridgehead atoms. The van der Waals surface area contributed by atoms with Crippen LogP contribution in [0.1, 0.15) is 26.7 Å². The Kier molecular flexibility index (Phi) is 10.5. The fourth-order valence-corrected chi connectivity index (χ4v) is 2.74. The van der Waals surface area contributed by atoms with Gasteiger partial charge in [-0.25, -0.2) is 9.59 Å². The molecule has 2 rings (SSSR count). The molecular formula is C19H29N3O5. The van der Waals surface area contributed by atoms with Gasteiger partial charge in [0.2, 0.25) is 0 Å². The third-order valence-electron chi connectivity index (χ3n) is 3.87. The van der Waals surface area contributed by atoms with Crippen molar-refractivity contribution in [2.75, 3.05) is 44.2 Å². The molecule has 1 aliphatic rings. The van der Waals surface area contributed by atoms with Crippen molar-refractivity contribution in [1.29, 1.82) is 0 Å². The van der Waals surface area contributed by atoms with Crippen molar-refractivity contribution < 1.29 is 24.5 Å². The summed E-state index contributed by atoms with van der Waals surface area (Å²) in [4.78, 5) is 28.4. The van der Waals surface area contributed by atoms with Crippen LogP contribution >= 0.6 is 0 Å². The Morgan fingerprint density at radius 2 is 1.81 bits per heavy atom. The van der Waals surface area contributed by atoms with E-state index in [0.29, 0.717) is 18.8 Å². The van der Waals surface area contributed by atoms with Gasteiger partial charge in [-0.05, 0) is 32.9 Å². The molecule has 2 heterocycles. The molecule has 2 N–H and O–H groups in total. The molecule has 8 heteroatoms. The Morgan fingerprint density at radius 3 is 2.41 bits per heavy atom. The molecule has 150 valence electrons. The minimum Gasteiger partial charge on any atom is -0.492 e. The van der Waals surface area contributed by atoms with E-state index < -0.39 is 11.9 Å². The van der Waals surface area contributed by atoms with Gasteiger partial charge in [-0.2, -0.15) is 0 Å². The Bertz CT molecular complexity index is 605. The van der Waals surface area contributed by atoms with Gasteiger partial charge in [0.15, 0.2) is 0 Å². The van der Waals surface area contributed by atoms with E-state index >= 15 is 0 Å². The van der Waals surface area contributed by atoms with E-state index in [1.807, 2.05) is 13.1 Å². The zero-order valence-corrected chi connectivity index (χ0v) is 16.0. The molecule has 0 unspecified atom stereocenters. The molecule has 1 aromatic rings. The lowest BCUT2D eigenvalue weighted by Gasteiger charge is -2.23. The highest BCUT2D eigenvalue weighted by Crippen LogP contribution is 2.20. The molecule has 27 heavy (non-hydrogen) atoms. The summed E-state index contributed by atoms with van der Waals surface area (Å²) in [5, 5.41) is 15.6. The van der Waals surface area contributed by atoms with E-state index in [1.54, 1.807) is 6.20 Å². The largest absolute Gasteiger partial charge is 0.492 e.